The Labute approximate surface area is 312 Å². The first-order valence-corrected chi connectivity index (χ1v) is 18.3. The Morgan fingerprint density at radius 1 is 0.755 bits per heavy atom. The van der Waals surface area contributed by atoms with Crippen LogP contribution in [0, 0.1) is 6.92 Å². The second-order valence-corrected chi connectivity index (χ2v) is 13.9. The molecule has 0 heterocycles. The summed E-state index contributed by atoms with van der Waals surface area (Å²) in [4.78, 5) is 6.94. The average Bonchev–Trinajstić information content (AvgIpc) is 3.87. The number of hydrogen-bond donors (Lipinski definition) is 0. The number of hydrogen-bond acceptors (Lipinski definition) is 2. The Hall–Kier alpha value is -6.69. The molecule has 0 N–H and O–H groups in total. The molecular weight excluding hydrogens is 641 g/mol. The highest BCUT2D eigenvalue weighted by Gasteiger charge is 2.29. The van der Waals surface area contributed by atoms with Gasteiger partial charge in [-0.1, -0.05) is 133 Å². The average molecular weight is 679 g/mol. The summed E-state index contributed by atoms with van der Waals surface area (Å²) in [5.74, 6) is -0.00325. The van der Waals surface area contributed by atoms with E-state index in [1.807, 2.05) is 18.2 Å². The SMILES string of the molecule is C=N/C(=C\C(c1ccccc1)c1cccc2c1-c1ccc(N(C3=C=C(c4ccccc4)C3)c3ccc(C4=C=CC=C4)cc3C)cc1C2)c1ccccc1. The zero-order valence-electron chi connectivity index (χ0n) is 29.8. The van der Waals surface area contributed by atoms with E-state index < -0.39 is 0 Å². The Balaban J connectivity index is 1.15. The molecule has 252 valence electrons. The molecule has 0 saturated heterocycles. The minimum Gasteiger partial charge on any atom is -0.307 e. The molecule has 0 fully saturated rings. The first-order valence-electron chi connectivity index (χ1n) is 18.3. The zero-order chi connectivity index (χ0) is 35.7. The quantitative estimate of drug-likeness (QED) is 0.104. The number of allylic oxidation sites excluding steroid dienone is 4. The summed E-state index contributed by atoms with van der Waals surface area (Å²) >= 11 is 0. The number of nitrogens with zero attached hydrogens (tertiary/aromatic N) is 2. The highest BCUT2D eigenvalue weighted by molar-refractivity contribution is 5.87. The van der Waals surface area contributed by atoms with Crippen LogP contribution in [-0.4, -0.2) is 6.72 Å². The molecule has 0 saturated carbocycles. The molecule has 2 heteroatoms. The number of benzene rings is 6. The van der Waals surface area contributed by atoms with Gasteiger partial charge in [0.25, 0.3) is 0 Å². The highest BCUT2D eigenvalue weighted by Crippen LogP contribution is 2.47. The van der Waals surface area contributed by atoms with Crippen molar-refractivity contribution in [3.8, 4) is 11.1 Å². The number of rotatable bonds is 10. The predicted molar refractivity (Wildman–Crippen MR) is 222 cm³/mol. The maximum Gasteiger partial charge on any atom is 0.0709 e. The summed E-state index contributed by atoms with van der Waals surface area (Å²) < 4.78 is 0. The summed E-state index contributed by atoms with van der Waals surface area (Å²) in [5, 5.41) is 0. The lowest BCUT2D eigenvalue weighted by atomic mass is 9.84. The van der Waals surface area contributed by atoms with Gasteiger partial charge >= 0.3 is 0 Å². The Morgan fingerprint density at radius 3 is 2.23 bits per heavy atom. The van der Waals surface area contributed by atoms with Crippen molar-refractivity contribution in [3.63, 3.8) is 0 Å². The van der Waals surface area contributed by atoms with Crippen LogP contribution in [0.5, 0.6) is 0 Å². The van der Waals surface area contributed by atoms with E-state index in [0.717, 1.165) is 35.4 Å². The first kappa shape index (κ1) is 32.2. The molecular formula is C51H38N2. The molecule has 1 atom stereocenters. The van der Waals surface area contributed by atoms with Crippen LogP contribution >= 0.6 is 0 Å². The van der Waals surface area contributed by atoms with Crippen LogP contribution < -0.4 is 4.90 Å². The van der Waals surface area contributed by atoms with Crippen molar-refractivity contribution in [2.24, 2.45) is 4.99 Å². The minimum atomic E-state index is -0.00325. The maximum atomic E-state index is 4.52. The standard InChI is InChI=1S/C51H38N2/c1-35-29-40(36-17-12-13-18-36)25-28-50(35)53(45-31-42(32-45)37-15-6-3-7-16-37)44-26-27-46-43(33-44)30-41-23-14-24-47(51(41)46)48(38-19-8-4-9-20-38)34-49(52-2)39-21-10-5-11-22-39/h3-17,19-29,33-34,48H,2,30-31H2,1H3/b49-34-. The lowest BCUT2D eigenvalue weighted by Gasteiger charge is -2.32. The first-order chi connectivity index (χ1) is 26.1. The Bertz CT molecular complexity index is 2590. The Morgan fingerprint density at radius 2 is 1.51 bits per heavy atom. The van der Waals surface area contributed by atoms with Crippen molar-refractivity contribution < 1.29 is 0 Å². The van der Waals surface area contributed by atoms with Gasteiger partial charge in [-0.15, -0.1) is 5.73 Å². The summed E-state index contributed by atoms with van der Waals surface area (Å²) in [6.45, 7) is 6.19. The van der Waals surface area contributed by atoms with Crippen LogP contribution in [0.15, 0.2) is 192 Å². The number of aliphatic imine (C=N–C) groups is 1. The van der Waals surface area contributed by atoms with E-state index >= 15 is 0 Å². The minimum absolute atomic E-state index is 0.00325. The fourth-order valence-corrected chi connectivity index (χ4v) is 8.00. The number of aryl methyl sites for hydroxylation is 1. The van der Waals surface area contributed by atoms with E-state index in [-0.39, 0.29) is 5.92 Å². The van der Waals surface area contributed by atoms with Gasteiger partial charge in [-0.25, -0.2) is 0 Å². The van der Waals surface area contributed by atoms with Crippen LogP contribution in [0.4, 0.5) is 11.4 Å². The molecule has 0 amide bonds. The predicted octanol–water partition coefficient (Wildman–Crippen LogP) is 12.7. The lowest BCUT2D eigenvalue weighted by Crippen LogP contribution is -2.20. The molecule has 0 aliphatic heterocycles. The molecule has 53 heavy (non-hydrogen) atoms. The van der Waals surface area contributed by atoms with Gasteiger partial charge < -0.3 is 4.90 Å². The van der Waals surface area contributed by atoms with Crippen LogP contribution in [0.1, 0.15) is 56.8 Å². The molecule has 0 radical (unpaired) electrons. The maximum absolute atomic E-state index is 4.52. The molecule has 0 bridgehead atoms. The van der Waals surface area contributed by atoms with Crippen LogP contribution in [-0.2, 0) is 6.42 Å². The molecule has 2 nitrogen and oxygen atoms in total. The molecule has 1 unspecified atom stereocenters. The lowest BCUT2D eigenvalue weighted by molar-refractivity contribution is 1.02. The highest BCUT2D eigenvalue weighted by atomic mass is 15.2. The van der Waals surface area contributed by atoms with Crippen molar-refractivity contribution >= 4 is 34.9 Å². The van der Waals surface area contributed by atoms with Gasteiger partial charge in [-0.2, -0.15) is 0 Å². The van der Waals surface area contributed by atoms with E-state index in [1.165, 1.54) is 67.0 Å². The molecule has 3 aliphatic rings. The molecule has 6 aromatic carbocycles. The topological polar surface area (TPSA) is 15.6 Å². The van der Waals surface area contributed by atoms with Gasteiger partial charge in [-0.05, 0) is 118 Å². The Kier molecular flexibility index (Phi) is 8.39. The smallest absolute Gasteiger partial charge is 0.0709 e. The van der Waals surface area contributed by atoms with Crippen molar-refractivity contribution in [1.29, 1.82) is 0 Å². The van der Waals surface area contributed by atoms with Crippen LogP contribution in [0.3, 0.4) is 0 Å². The summed E-state index contributed by atoms with van der Waals surface area (Å²) in [6.07, 6.45) is 10.2. The van der Waals surface area contributed by atoms with Gasteiger partial charge in [0.1, 0.15) is 0 Å². The molecule has 9 rings (SSSR count). The monoisotopic (exact) mass is 678 g/mol. The van der Waals surface area contributed by atoms with Gasteiger partial charge in [0.2, 0.25) is 0 Å². The molecule has 0 spiro atoms. The number of anilines is 2. The third-order valence-electron chi connectivity index (χ3n) is 10.6. The molecule has 3 aliphatic carbocycles. The van der Waals surface area contributed by atoms with Gasteiger partial charge in [0, 0.05) is 34.9 Å². The van der Waals surface area contributed by atoms with Crippen molar-refractivity contribution in [3.05, 3.63) is 232 Å². The fourth-order valence-electron chi connectivity index (χ4n) is 8.00. The second-order valence-electron chi connectivity index (χ2n) is 13.9. The van der Waals surface area contributed by atoms with E-state index in [2.05, 4.69) is 187 Å². The molecule has 6 aromatic rings. The normalized spacial score (nSPS) is 14.4. The second kappa shape index (κ2) is 13.8. The van der Waals surface area contributed by atoms with Crippen molar-refractivity contribution in [1.82, 2.24) is 0 Å². The van der Waals surface area contributed by atoms with Gasteiger partial charge in [-0.3, -0.25) is 4.99 Å². The van der Waals surface area contributed by atoms with E-state index in [9.17, 15) is 0 Å². The van der Waals surface area contributed by atoms with Crippen molar-refractivity contribution in [2.45, 2.75) is 25.7 Å². The van der Waals surface area contributed by atoms with Crippen LogP contribution in [0.25, 0.3) is 28.0 Å². The zero-order valence-corrected chi connectivity index (χ0v) is 29.8. The largest absolute Gasteiger partial charge is 0.307 e. The van der Waals surface area contributed by atoms with Crippen molar-refractivity contribution in [2.75, 3.05) is 4.90 Å². The summed E-state index contributed by atoms with van der Waals surface area (Å²) in [6, 6.07) is 52.3. The fraction of sp³-hybridized carbons (Fsp3) is 0.0784. The van der Waals surface area contributed by atoms with E-state index in [4.69, 9.17) is 0 Å². The van der Waals surface area contributed by atoms with E-state index in [1.54, 1.807) is 0 Å². The summed E-state index contributed by atoms with van der Waals surface area (Å²) in [5.41, 5.74) is 26.4. The third kappa shape index (κ3) is 6.07. The van der Waals surface area contributed by atoms with Crippen LogP contribution in [0.2, 0.25) is 0 Å². The summed E-state index contributed by atoms with van der Waals surface area (Å²) in [7, 11) is 0. The third-order valence-corrected chi connectivity index (χ3v) is 10.6. The van der Waals surface area contributed by atoms with Gasteiger partial charge in [0.15, 0.2) is 0 Å². The van der Waals surface area contributed by atoms with Gasteiger partial charge in [0.05, 0.1) is 11.4 Å². The van der Waals surface area contributed by atoms with E-state index in [0.29, 0.717) is 0 Å². The molecule has 0 aromatic heterocycles. The number of fused-ring (bicyclic) bond motifs is 3.